The molecule has 1 saturated heterocycles. The van der Waals surface area contributed by atoms with E-state index in [1.807, 2.05) is 42.5 Å². The zero-order valence-corrected chi connectivity index (χ0v) is 17.5. The van der Waals surface area contributed by atoms with Gasteiger partial charge in [0.1, 0.15) is 5.78 Å². The van der Waals surface area contributed by atoms with E-state index in [1.54, 1.807) is 0 Å². The molecule has 1 aliphatic heterocycles. The minimum absolute atomic E-state index is 0.0882. The molecular formula is C28H27NO2. The Labute approximate surface area is 183 Å². The van der Waals surface area contributed by atoms with Crippen molar-refractivity contribution in [1.29, 1.82) is 0 Å². The summed E-state index contributed by atoms with van der Waals surface area (Å²) in [5.41, 5.74) is 3.06. The maximum Gasteiger partial charge on any atom is 0.154 e. The minimum atomic E-state index is -0.360. The topological polar surface area (TPSA) is 46.2 Å². The van der Waals surface area contributed by atoms with E-state index in [4.69, 9.17) is 0 Å². The molecule has 1 unspecified atom stereocenters. The molecule has 3 aromatic carbocycles. The van der Waals surface area contributed by atoms with Crippen LogP contribution in [0.25, 0.3) is 0 Å². The number of benzene rings is 3. The first-order valence-corrected chi connectivity index (χ1v) is 11.1. The third kappa shape index (κ3) is 3.43. The van der Waals surface area contributed by atoms with Gasteiger partial charge in [-0.15, -0.1) is 0 Å². The number of fused-ring (bicyclic) bond motifs is 1. The van der Waals surface area contributed by atoms with E-state index in [9.17, 15) is 9.59 Å². The molecule has 2 fully saturated rings. The van der Waals surface area contributed by atoms with Gasteiger partial charge in [-0.2, -0.15) is 0 Å². The van der Waals surface area contributed by atoms with Gasteiger partial charge in [0.05, 0.1) is 6.04 Å². The van der Waals surface area contributed by atoms with E-state index in [0.29, 0.717) is 19.4 Å². The van der Waals surface area contributed by atoms with Crippen molar-refractivity contribution in [1.82, 2.24) is 5.32 Å². The lowest BCUT2D eigenvalue weighted by atomic mass is 9.54. The molecule has 0 bridgehead atoms. The van der Waals surface area contributed by atoms with Crippen molar-refractivity contribution in [2.45, 2.75) is 30.7 Å². The van der Waals surface area contributed by atoms with E-state index in [2.05, 4.69) is 53.8 Å². The zero-order valence-electron chi connectivity index (χ0n) is 17.5. The first-order valence-electron chi connectivity index (χ1n) is 11.1. The summed E-state index contributed by atoms with van der Waals surface area (Å²) in [6.45, 7) is 0.579. The minimum Gasteiger partial charge on any atom is -0.306 e. The van der Waals surface area contributed by atoms with Gasteiger partial charge in [-0.25, -0.2) is 0 Å². The van der Waals surface area contributed by atoms with Crippen LogP contribution >= 0.6 is 0 Å². The normalized spacial score (nSPS) is 24.5. The van der Waals surface area contributed by atoms with E-state index in [-0.39, 0.29) is 34.9 Å². The molecule has 5 rings (SSSR count). The molecule has 1 aliphatic carbocycles. The number of ketones is 2. The Morgan fingerprint density at radius 1 is 0.839 bits per heavy atom. The van der Waals surface area contributed by atoms with Crippen molar-refractivity contribution in [3.8, 4) is 0 Å². The molecule has 0 spiro atoms. The van der Waals surface area contributed by atoms with Crippen molar-refractivity contribution in [3.05, 3.63) is 108 Å². The van der Waals surface area contributed by atoms with Crippen LogP contribution in [0.4, 0.5) is 0 Å². The predicted molar refractivity (Wildman–Crippen MR) is 122 cm³/mol. The molecule has 0 amide bonds. The van der Waals surface area contributed by atoms with Crippen molar-refractivity contribution in [2.24, 2.45) is 11.8 Å². The van der Waals surface area contributed by atoms with Crippen LogP contribution in [-0.4, -0.2) is 24.2 Å². The van der Waals surface area contributed by atoms with E-state index < -0.39 is 0 Å². The van der Waals surface area contributed by atoms with Crippen LogP contribution < -0.4 is 5.32 Å². The number of hydrogen-bond acceptors (Lipinski definition) is 3. The number of carbonyl (C=O) groups excluding carboxylic acids is 2. The van der Waals surface area contributed by atoms with Crippen molar-refractivity contribution < 1.29 is 9.59 Å². The fourth-order valence-corrected chi connectivity index (χ4v) is 5.89. The molecule has 3 aromatic rings. The summed E-state index contributed by atoms with van der Waals surface area (Å²) >= 11 is 0. The van der Waals surface area contributed by atoms with Crippen molar-refractivity contribution in [2.75, 3.05) is 6.54 Å². The van der Waals surface area contributed by atoms with Crippen LogP contribution in [0.3, 0.4) is 0 Å². The third-order valence-electron chi connectivity index (χ3n) is 7.24. The van der Waals surface area contributed by atoms with E-state index in [0.717, 1.165) is 12.0 Å². The van der Waals surface area contributed by atoms with Gasteiger partial charge >= 0.3 is 0 Å². The standard InChI is InChI=1S/C28H27NO2/c30-24-16-17-28(21-12-6-2-7-13-21,22-14-8-3-9-15-22)26-23(24)19-29-27(26)25(31)18-20-10-4-1-5-11-20/h1-15,23,26-27,29H,16-19H2/t23-,26+,27?/m1/s1. The van der Waals surface area contributed by atoms with Crippen LogP contribution in [0, 0.1) is 11.8 Å². The average molecular weight is 410 g/mol. The molecule has 0 radical (unpaired) electrons. The fraction of sp³-hybridized carbons (Fsp3) is 0.286. The predicted octanol–water partition coefficient (Wildman–Crippen LogP) is 4.35. The Kier molecular flexibility index (Phi) is 5.29. The van der Waals surface area contributed by atoms with E-state index in [1.165, 1.54) is 11.1 Å². The molecule has 1 N–H and O–H groups in total. The van der Waals surface area contributed by atoms with Gasteiger partial charge in [-0.3, -0.25) is 9.59 Å². The summed E-state index contributed by atoms with van der Waals surface area (Å²) in [6, 6.07) is 30.5. The van der Waals surface area contributed by atoms with Crippen LogP contribution in [0.2, 0.25) is 0 Å². The average Bonchev–Trinajstić information content (AvgIpc) is 3.28. The first kappa shape index (κ1) is 19.9. The summed E-state index contributed by atoms with van der Waals surface area (Å²) in [6.07, 6.45) is 1.67. The fourth-order valence-electron chi connectivity index (χ4n) is 5.89. The Bertz CT molecular complexity index is 1020. The highest BCUT2D eigenvalue weighted by atomic mass is 16.1. The summed E-state index contributed by atoms with van der Waals surface area (Å²) in [5.74, 6) is 0.230. The van der Waals surface area contributed by atoms with Gasteiger partial charge in [-0.1, -0.05) is 91.0 Å². The molecule has 1 heterocycles. The molecule has 31 heavy (non-hydrogen) atoms. The highest BCUT2D eigenvalue weighted by molar-refractivity contribution is 5.91. The third-order valence-corrected chi connectivity index (χ3v) is 7.24. The second-order valence-corrected chi connectivity index (χ2v) is 8.82. The second kappa shape index (κ2) is 8.24. The lowest BCUT2D eigenvalue weighted by Crippen LogP contribution is -2.52. The summed E-state index contributed by atoms with van der Waals surface area (Å²) in [7, 11) is 0. The summed E-state index contributed by atoms with van der Waals surface area (Å²) < 4.78 is 0. The highest BCUT2D eigenvalue weighted by Gasteiger charge is 2.57. The van der Waals surface area contributed by atoms with Crippen LogP contribution in [0.5, 0.6) is 0 Å². The Morgan fingerprint density at radius 2 is 1.39 bits per heavy atom. The molecule has 3 nitrogen and oxygen atoms in total. The second-order valence-electron chi connectivity index (χ2n) is 8.82. The number of carbonyl (C=O) groups is 2. The Hall–Kier alpha value is -3.04. The number of hydrogen-bond donors (Lipinski definition) is 1. The van der Waals surface area contributed by atoms with Crippen molar-refractivity contribution in [3.63, 3.8) is 0 Å². The van der Waals surface area contributed by atoms with Gasteiger partial charge in [0.2, 0.25) is 0 Å². The van der Waals surface area contributed by atoms with Crippen LogP contribution in [0.1, 0.15) is 29.5 Å². The first-order chi connectivity index (χ1) is 15.2. The van der Waals surface area contributed by atoms with Gasteiger partial charge in [0.25, 0.3) is 0 Å². The SMILES string of the molecule is O=C(Cc1ccccc1)C1NC[C@@H]2C(=O)CCC(c3ccccc3)(c3ccccc3)[C@H]12. The molecule has 1 saturated carbocycles. The largest absolute Gasteiger partial charge is 0.306 e. The number of rotatable bonds is 5. The molecule has 3 heteroatoms. The summed E-state index contributed by atoms with van der Waals surface area (Å²) in [4.78, 5) is 26.6. The van der Waals surface area contributed by atoms with Crippen molar-refractivity contribution >= 4 is 11.6 Å². The number of nitrogens with one attached hydrogen (secondary N) is 1. The van der Waals surface area contributed by atoms with Crippen LogP contribution in [-0.2, 0) is 21.4 Å². The van der Waals surface area contributed by atoms with E-state index >= 15 is 0 Å². The zero-order chi connectivity index (χ0) is 21.3. The van der Waals surface area contributed by atoms with Gasteiger partial charge in [0.15, 0.2) is 5.78 Å². The van der Waals surface area contributed by atoms with Gasteiger partial charge in [0, 0.05) is 36.6 Å². The maximum absolute atomic E-state index is 13.6. The quantitative estimate of drug-likeness (QED) is 0.681. The van der Waals surface area contributed by atoms with Crippen LogP contribution in [0.15, 0.2) is 91.0 Å². The summed E-state index contributed by atoms with van der Waals surface area (Å²) in [5, 5.41) is 3.47. The smallest absolute Gasteiger partial charge is 0.154 e. The Morgan fingerprint density at radius 3 is 1.97 bits per heavy atom. The lowest BCUT2D eigenvalue weighted by molar-refractivity contribution is -0.128. The highest BCUT2D eigenvalue weighted by Crippen LogP contribution is 2.53. The molecule has 2 aliphatic rings. The molecule has 3 atom stereocenters. The number of Topliss-reactive ketones (excluding diaryl/α,β-unsaturated/α-hetero) is 2. The van der Waals surface area contributed by atoms with Gasteiger partial charge < -0.3 is 5.32 Å². The molecular weight excluding hydrogens is 382 g/mol. The Balaban J connectivity index is 1.62. The monoisotopic (exact) mass is 409 g/mol. The lowest BCUT2D eigenvalue weighted by Gasteiger charge is -2.47. The molecule has 0 aromatic heterocycles. The molecule has 156 valence electrons. The maximum atomic E-state index is 13.6. The van der Waals surface area contributed by atoms with Gasteiger partial charge in [-0.05, 0) is 23.1 Å².